The average molecular weight is 427 g/mol. The number of hydrogen-bond donors (Lipinski definition) is 2. The first-order chi connectivity index (χ1) is 14.9. The highest BCUT2D eigenvalue weighted by atomic mass is 19.1. The number of imide groups is 1. The third-order valence-electron chi connectivity index (χ3n) is 3.61. The molecule has 160 valence electrons. The van der Waals surface area contributed by atoms with Crippen LogP contribution in [0.3, 0.4) is 0 Å². The summed E-state index contributed by atoms with van der Waals surface area (Å²) in [4.78, 5) is 35.1. The average Bonchev–Trinajstić information content (AvgIpc) is 2.76. The van der Waals surface area contributed by atoms with E-state index in [1.807, 2.05) is 11.4 Å². The molecule has 0 aliphatic heterocycles. The minimum absolute atomic E-state index is 0.104. The molecule has 0 aliphatic carbocycles. The molecule has 9 nitrogen and oxygen atoms in total. The molecule has 0 aliphatic rings. The molecule has 2 aromatic carbocycles. The summed E-state index contributed by atoms with van der Waals surface area (Å²) in [5.74, 6) is -1.65. The molecule has 31 heavy (non-hydrogen) atoms. The highest BCUT2D eigenvalue weighted by Crippen LogP contribution is 2.28. The van der Waals surface area contributed by atoms with E-state index >= 15 is 0 Å². The van der Waals surface area contributed by atoms with Crippen LogP contribution >= 0.6 is 0 Å². The Balaban J connectivity index is 1.82. The van der Waals surface area contributed by atoms with Crippen LogP contribution in [0.15, 0.2) is 48.5 Å². The summed E-state index contributed by atoms with van der Waals surface area (Å²) < 4.78 is 28.6. The van der Waals surface area contributed by atoms with Crippen molar-refractivity contribution >= 4 is 29.7 Å². The predicted octanol–water partition coefficient (Wildman–Crippen LogP) is 2.64. The Morgan fingerprint density at radius 1 is 1.16 bits per heavy atom. The largest absolute Gasteiger partial charge is 0.493 e. The zero-order valence-corrected chi connectivity index (χ0v) is 16.4. The van der Waals surface area contributed by atoms with Gasteiger partial charge in [-0.25, -0.2) is 14.0 Å². The monoisotopic (exact) mass is 427 g/mol. The number of ether oxygens (including phenoxy) is 3. The van der Waals surface area contributed by atoms with Gasteiger partial charge in [0.2, 0.25) is 0 Å². The number of nitrogens with one attached hydrogen (secondary N) is 2. The van der Waals surface area contributed by atoms with Crippen molar-refractivity contribution in [3.05, 3.63) is 59.9 Å². The van der Waals surface area contributed by atoms with Crippen LogP contribution in [0.1, 0.15) is 5.56 Å². The second-order valence-corrected chi connectivity index (χ2v) is 5.78. The van der Waals surface area contributed by atoms with Gasteiger partial charge < -0.3 is 19.5 Å². The molecule has 3 amide bonds. The highest BCUT2D eigenvalue weighted by Gasteiger charge is 2.12. The number of hydrogen-bond acceptors (Lipinski definition) is 7. The number of esters is 1. The molecule has 0 heterocycles. The molecule has 0 saturated heterocycles. The van der Waals surface area contributed by atoms with Crippen molar-refractivity contribution in [3.8, 4) is 17.6 Å². The molecule has 0 radical (unpaired) electrons. The van der Waals surface area contributed by atoms with Crippen LogP contribution in [0, 0.1) is 17.1 Å². The lowest BCUT2D eigenvalue weighted by molar-refractivity contribution is -0.143. The van der Waals surface area contributed by atoms with Crippen LogP contribution in [0.5, 0.6) is 11.5 Å². The molecular formula is C21H18FN3O6. The van der Waals surface area contributed by atoms with Gasteiger partial charge in [-0.05, 0) is 35.9 Å². The summed E-state index contributed by atoms with van der Waals surface area (Å²) in [6, 6.07) is 11.1. The summed E-state index contributed by atoms with van der Waals surface area (Å²) in [5, 5.41) is 12.6. The van der Waals surface area contributed by atoms with Gasteiger partial charge in [-0.2, -0.15) is 5.26 Å². The fourth-order valence-electron chi connectivity index (χ4n) is 2.25. The van der Waals surface area contributed by atoms with Gasteiger partial charge in [0, 0.05) is 6.08 Å². The second-order valence-electron chi connectivity index (χ2n) is 5.78. The Morgan fingerprint density at radius 2 is 1.94 bits per heavy atom. The molecule has 0 spiro atoms. The maximum Gasteiger partial charge on any atom is 0.331 e. The molecule has 2 rings (SSSR count). The highest BCUT2D eigenvalue weighted by molar-refractivity contribution is 6.02. The Labute approximate surface area is 177 Å². The Kier molecular flexibility index (Phi) is 8.55. The van der Waals surface area contributed by atoms with Gasteiger partial charge >= 0.3 is 12.0 Å². The standard InChI is InChI=1S/C21H18FN3O6/c1-29-18-12-14(6-8-17(18)30-11-10-23)7-9-20(27)31-13-19(26)25-21(28)24-16-5-3-2-4-15(16)22/h2-9,12H,11,13H2,1H3,(H2,24,25,26,28). The zero-order valence-electron chi connectivity index (χ0n) is 16.4. The van der Waals surface area contributed by atoms with E-state index in [2.05, 4.69) is 5.32 Å². The Hall–Kier alpha value is -4.39. The second kappa shape index (κ2) is 11.6. The number of halogens is 1. The molecule has 0 aromatic heterocycles. The maximum absolute atomic E-state index is 13.5. The number of anilines is 1. The molecule has 0 bridgehead atoms. The van der Waals surface area contributed by atoms with Gasteiger partial charge in [0.15, 0.2) is 24.7 Å². The quantitative estimate of drug-likeness (QED) is 0.490. The number of nitriles is 1. The lowest BCUT2D eigenvalue weighted by atomic mass is 10.2. The van der Waals surface area contributed by atoms with E-state index in [9.17, 15) is 18.8 Å². The Bertz CT molecular complexity index is 1030. The smallest absolute Gasteiger partial charge is 0.331 e. The van der Waals surface area contributed by atoms with Gasteiger partial charge in [-0.1, -0.05) is 18.2 Å². The predicted molar refractivity (Wildman–Crippen MR) is 108 cm³/mol. The molecular weight excluding hydrogens is 409 g/mol. The molecule has 2 aromatic rings. The van der Waals surface area contributed by atoms with E-state index in [0.717, 1.165) is 12.1 Å². The van der Waals surface area contributed by atoms with Gasteiger partial charge in [-0.15, -0.1) is 0 Å². The van der Waals surface area contributed by atoms with Crippen molar-refractivity contribution < 1.29 is 33.0 Å². The van der Waals surface area contributed by atoms with Gasteiger partial charge in [-0.3, -0.25) is 10.1 Å². The fraction of sp³-hybridized carbons (Fsp3) is 0.143. The molecule has 0 saturated carbocycles. The maximum atomic E-state index is 13.5. The van der Waals surface area contributed by atoms with Crippen molar-refractivity contribution in [2.24, 2.45) is 0 Å². The van der Waals surface area contributed by atoms with Crippen molar-refractivity contribution in [1.82, 2.24) is 5.32 Å². The van der Waals surface area contributed by atoms with Gasteiger partial charge in [0.25, 0.3) is 5.91 Å². The van der Waals surface area contributed by atoms with E-state index in [1.165, 1.54) is 31.4 Å². The molecule has 0 fully saturated rings. The normalized spacial score (nSPS) is 10.1. The summed E-state index contributed by atoms with van der Waals surface area (Å²) in [6.45, 7) is -0.851. The minimum atomic E-state index is -0.965. The van der Waals surface area contributed by atoms with E-state index in [0.29, 0.717) is 17.1 Å². The number of urea groups is 1. The molecule has 0 unspecified atom stereocenters. The lowest BCUT2D eigenvalue weighted by Crippen LogP contribution is -2.37. The van der Waals surface area contributed by atoms with Crippen molar-refractivity contribution in [3.63, 3.8) is 0 Å². The summed E-state index contributed by atoms with van der Waals surface area (Å²) >= 11 is 0. The topological polar surface area (TPSA) is 127 Å². The third-order valence-corrected chi connectivity index (χ3v) is 3.61. The zero-order chi connectivity index (χ0) is 22.6. The van der Waals surface area contributed by atoms with Crippen LogP contribution in [0.2, 0.25) is 0 Å². The van der Waals surface area contributed by atoms with Crippen molar-refractivity contribution in [1.29, 1.82) is 5.26 Å². The Morgan fingerprint density at radius 3 is 2.65 bits per heavy atom. The van der Waals surface area contributed by atoms with Crippen molar-refractivity contribution in [2.75, 3.05) is 25.6 Å². The van der Waals surface area contributed by atoms with Gasteiger partial charge in [0.05, 0.1) is 12.8 Å². The summed E-state index contributed by atoms with van der Waals surface area (Å²) in [5.41, 5.74) is 0.471. The summed E-state index contributed by atoms with van der Waals surface area (Å²) in [7, 11) is 1.43. The summed E-state index contributed by atoms with van der Waals surface area (Å²) in [6.07, 6.45) is 2.50. The number of rotatable bonds is 8. The SMILES string of the molecule is COc1cc(C=CC(=O)OCC(=O)NC(=O)Nc2ccccc2F)ccc1OCC#N. The van der Waals surface area contributed by atoms with Crippen LogP contribution in [-0.2, 0) is 14.3 Å². The third kappa shape index (κ3) is 7.51. The number of para-hydroxylation sites is 1. The number of nitrogens with zero attached hydrogens (tertiary/aromatic N) is 1. The minimum Gasteiger partial charge on any atom is -0.493 e. The van der Waals surface area contributed by atoms with Crippen LogP contribution in [0.4, 0.5) is 14.9 Å². The first-order valence-electron chi connectivity index (χ1n) is 8.81. The van der Waals surface area contributed by atoms with Crippen LogP contribution in [-0.4, -0.2) is 38.2 Å². The number of amides is 3. The molecule has 0 atom stereocenters. The van der Waals surface area contributed by atoms with Crippen LogP contribution in [0.25, 0.3) is 6.08 Å². The molecule has 10 heteroatoms. The van der Waals surface area contributed by atoms with E-state index in [4.69, 9.17) is 19.5 Å². The van der Waals surface area contributed by atoms with Crippen LogP contribution < -0.4 is 20.1 Å². The number of carbonyl (C=O) groups excluding carboxylic acids is 3. The number of benzene rings is 2. The fourth-order valence-corrected chi connectivity index (χ4v) is 2.25. The van der Waals surface area contributed by atoms with E-state index in [1.54, 1.807) is 18.2 Å². The lowest BCUT2D eigenvalue weighted by Gasteiger charge is -2.09. The van der Waals surface area contributed by atoms with E-state index < -0.39 is 30.3 Å². The van der Waals surface area contributed by atoms with Gasteiger partial charge in [0.1, 0.15) is 11.9 Å². The first-order valence-corrected chi connectivity index (χ1v) is 8.81. The van der Waals surface area contributed by atoms with E-state index in [-0.39, 0.29) is 12.3 Å². The van der Waals surface area contributed by atoms with Crippen molar-refractivity contribution in [2.45, 2.75) is 0 Å². The number of methoxy groups -OCH3 is 1. The molecule has 2 N–H and O–H groups in total. The number of carbonyl (C=O) groups is 3. The first kappa shape index (κ1) is 22.9.